The van der Waals surface area contributed by atoms with Crippen LogP contribution in [0.15, 0.2) is 36.2 Å². The van der Waals surface area contributed by atoms with E-state index in [1.165, 1.54) is 18.2 Å². The van der Waals surface area contributed by atoms with E-state index in [0.29, 0.717) is 28.8 Å². The van der Waals surface area contributed by atoms with E-state index < -0.39 is 17.8 Å². The lowest BCUT2D eigenvalue weighted by Gasteiger charge is -2.20. The molecule has 1 aliphatic carbocycles. The van der Waals surface area contributed by atoms with Crippen molar-refractivity contribution in [3.63, 3.8) is 0 Å². The summed E-state index contributed by atoms with van der Waals surface area (Å²) in [6, 6.07) is 5.99. The Morgan fingerprint density at radius 2 is 2.10 bits per heavy atom. The third kappa shape index (κ3) is 3.66. The second kappa shape index (κ2) is 7.24. The molecule has 1 aromatic carbocycles. The molecule has 0 bridgehead atoms. The molecule has 5 rings (SSSR count). The highest BCUT2D eigenvalue weighted by atomic mass is 35.5. The zero-order valence-electron chi connectivity index (χ0n) is 16.3. The SMILES string of the molecule is CN(c1cc(Nc2ccc(F)c(Cl)c2)nc2c(/C=C3/NC(=O)NC3=O)cnn12)C1CC1. The van der Waals surface area contributed by atoms with E-state index in [1.807, 2.05) is 13.1 Å². The molecule has 0 atom stereocenters. The lowest BCUT2D eigenvalue weighted by atomic mass is 10.2. The second-order valence-corrected chi connectivity index (χ2v) is 7.80. The van der Waals surface area contributed by atoms with Crippen LogP contribution in [0.3, 0.4) is 0 Å². The monoisotopic (exact) mass is 441 g/mol. The van der Waals surface area contributed by atoms with E-state index in [1.54, 1.807) is 16.8 Å². The number of aromatic nitrogens is 3. The number of anilines is 3. The van der Waals surface area contributed by atoms with Gasteiger partial charge in [-0.25, -0.2) is 14.2 Å². The van der Waals surface area contributed by atoms with E-state index in [9.17, 15) is 14.0 Å². The zero-order chi connectivity index (χ0) is 21.7. The van der Waals surface area contributed by atoms with Gasteiger partial charge in [0.15, 0.2) is 5.65 Å². The van der Waals surface area contributed by atoms with Crippen molar-refractivity contribution in [3.05, 3.63) is 52.6 Å². The number of nitrogens with one attached hydrogen (secondary N) is 3. The predicted octanol–water partition coefficient (Wildman–Crippen LogP) is 3.04. The molecule has 1 saturated carbocycles. The standard InChI is InChI=1S/C20H17ClFN7O2/c1-28(12-3-4-12)17-8-16(24-11-2-5-14(22)13(21)7-11)26-18-10(9-23-29(17)18)6-15-19(30)27-20(31)25-15/h2,5-9,12H,3-4H2,1H3,(H,24,26)(H2,25,27,30,31)/b15-6+. The maximum Gasteiger partial charge on any atom is 0.326 e. The molecule has 3 amide bonds. The van der Waals surface area contributed by atoms with E-state index >= 15 is 0 Å². The molecule has 3 aromatic rings. The zero-order valence-corrected chi connectivity index (χ0v) is 17.1. The van der Waals surface area contributed by atoms with Crippen LogP contribution in [0, 0.1) is 5.82 Å². The molecule has 11 heteroatoms. The molecule has 1 saturated heterocycles. The maximum atomic E-state index is 13.5. The minimum absolute atomic E-state index is 0.000775. The van der Waals surface area contributed by atoms with Gasteiger partial charge in [0.1, 0.15) is 23.1 Å². The highest BCUT2D eigenvalue weighted by Gasteiger charge is 2.29. The highest BCUT2D eigenvalue weighted by Crippen LogP contribution is 2.33. The molecule has 0 spiro atoms. The van der Waals surface area contributed by atoms with Crippen molar-refractivity contribution in [2.24, 2.45) is 0 Å². The smallest absolute Gasteiger partial charge is 0.326 e. The van der Waals surface area contributed by atoms with Crippen LogP contribution in [-0.2, 0) is 4.79 Å². The highest BCUT2D eigenvalue weighted by molar-refractivity contribution is 6.31. The van der Waals surface area contributed by atoms with Crippen LogP contribution in [0.25, 0.3) is 11.7 Å². The first-order valence-electron chi connectivity index (χ1n) is 9.57. The molecule has 9 nitrogen and oxygen atoms in total. The molecule has 2 aromatic heterocycles. The number of urea groups is 1. The fourth-order valence-electron chi connectivity index (χ4n) is 3.39. The number of hydrogen-bond acceptors (Lipinski definition) is 6. The fraction of sp³-hybridized carbons (Fsp3) is 0.200. The molecular weight excluding hydrogens is 425 g/mol. The van der Waals surface area contributed by atoms with Gasteiger partial charge in [-0.15, -0.1) is 0 Å². The van der Waals surface area contributed by atoms with E-state index in [0.717, 1.165) is 18.7 Å². The fourth-order valence-corrected chi connectivity index (χ4v) is 3.57. The second-order valence-electron chi connectivity index (χ2n) is 7.40. The normalized spacial score (nSPS) is 17.2. The summed E-state index contributed by atoms with van der Waals surface area (Å²) in [7, 11) is 1.98. The summed E-state index contributed by atoms with van der Waals surface area (Å²) in [5.41, 5.74) is 1.73. The van der Waals surface area contributed by atoms with Gasteiger partial charge in [0.05, 0.1) is 11.2 Å². The van der Waals surface area contributed by atoms with Crippen molar-refractivity contribution >= 4 is 52.6 Å². The Balaban J connectivity index is 1.60. The topological polar surface area (TPSA) is 104 Å². The average Bonchev–Trinajstić information content (AvgIpc) is 3.43. The summed E-state index contributed by atoms with van der Waals surface area (Å²) in [6.45, 7) is 0. The first-order valence-corrected chi connectivity index (χ1v) is 9.94. The van der Waals surface area contributed by atoms with E-state index in [-0.39, 0.29) is 10.7 Å². The van der Waals surface area contributed by atoms with Gasteiger partial charge in [0.25, 0.3) is 5.91 Å². The molecule has 0 unspecified atom stereocenters. The van der Waals surface area contributed by atoms with Gasteiger partial charge < -0.3 is 15.5 Å². The Bertz CT molecular complexity index is 1270. The maximum absolute atomic E-state index is 13.5. The summed E-state index contributed by atoms with van der Waals surface area (Å²) < 4.78 is 15.2. The number of hydrogen-bond donors (Lipinski definition) is 3. The van der Waals surface area contributed by atoms with E-state index in [4.69, 9.17) is 11.6 Å². The van der Waals surface area contributed by atoms with Gasteiger partial charge in [0.2, 0.25) is 0 Å². The average molecular weight is 442 g/mol. The van der Waals surface area contributed by atoms with Crippen molar-refractivity contribution in [2.75, 3.05) is 17.3 Å². The van der Waals surface area contributed by atoms with Crippen LogP contribution < -0.4 is 20.9 Å². The number of imide groups is 1. The first-order chi connectivity index (χ1) is 14.9. The molecule has 3 heterocycles. The third-order valence-corrected chi connectivity index (χ3v) is 5.44. The van der Waals surface area contributed by atoms with Crippen LogP contribution in [0.1, 0.15) is 18.4 Å². The lowest BCUT2D eigenvalue weighted by Crippen LogP contribution is -2.23. The Hall–Kier alpha value is -3.66. The number of rotatable bonds is 5. The van der Waals surface area contributed by atoms with Gasteiger partial charge in [0, 0.05) is 30.4 Å². The molecule has 31 heavy (non-hydrogen) atoms. The molecule has 2 fully saturated rings. The first kappa shape index (κ1) is 19.3. The van der Waals surface area contributed by atoms with Gasteiger partial charge in [-0.1, -0.05) is 11.6 Å². The number of halogens is 2. The summed E-state index contributed by atoms with van der Waals surface area (Å²) in [5, 5.41) is 12.2. The molecule has 0 radical (unpaired) electrons. The minimum Gasteiger partial charge on any atom is -0.356 e. The predicted molar refractivity (Wildman–Crippen MR) is 114 cm³/mol. The number of fused-ring (bicyclic) bond motifs is 1. The van der Waals surface area contributed by atoms with Crippen LogP contribution in [0.5, 0.6) is 0 Å². The van der Waals surface area contributed by atoms with Gasteiger partial charge in [-0.3, -0.25) is 10.1 Å². The van der Waals surface area contributed by atoms with Crippen molar-refractivity contribution in [1.82, 2.24) is 25.2 Å². The number of carbonyl (C=O) groups is 2. The van der Waals surface area contributed by atoms with Crippen LogP contribution in [-0.4, -0.2) is 39.6 Å². The van der Waals surface area contributed by atoms with Crippen molar-refractivity contribution in [1.29, 1.82) is 0 Å². The Labute approximate surface area is 180 Å². The summed E-state index contributed by atoms with van der Waals surface area (Å²) >= 11 is 5.90. The Morgan fingerprint density at radius 3 is 2.77 bits per heavy atom. The van der Waals surface area contributed by atoms with E-state index in [2.05, 4.69) is 30.9 Å². The third-order valence-electron chi connectivity index (χ3n) is 5.15. The van der Waals surface area contributed by atoms with Crippen molar-refractivity contribution in [3.8, 4) is 0 Å². The Kier molecular flexibility index (Phi) is 4.51. The van der Waals surface area contributed by atoms with Crippen LogP contribution in [0.2, 0.25) is 5.02 Å². The number of amides is 3. The summed E-state index contributed by atoms with van der Waals surface area (Å²) in [6.07, 6.45) is 5.27. The minimum atomic E-state index is -0.578. The molecule has 2 aliphatic rings. The molecule has 158 valence electrons. The quantitative estimate of drug-likeness (QED) is 0.415. The van der Waals surface area contributed by atoms with Gasteiger partial charge in [-0.2, -0.15) is 9.61 Å². The van der Waals surface area contributed by atoms with Crippen LogP contribution >= 0.6 is 11.6 Å². The summed E-state index contributed by atoms with van der Waals surface area (Å²) in [5.74, 6) is 0.270. The van der Waals surface area contributed by atoms with Crippen LogP contribution in [0.4, 0.5) is 26.5 Å². The molecular formula is C20H17ClFN7O2. The Morgan fingerprint density at radius 1 is 1.29 bits per heavy atom. The summed E-state index contributed by atoms with van der Waals surface area (Å²) in [4.78, 5) is 30.1. The van der Waals surface area contributed by atoms with Gasteiger partial charge >= 0.3 is 6.03 Å². The van der Waals surface area contributed by atoms with Gasteiger partial charge in [-0.05, 0) is 37.1 Å². The molecule has 1 aliphatic heterocycles. The number of carbonyl (C=O) groups excluding carboxylic acids is 2. The lowest BCUT2D eigenvalue weighted by molar-refractivity contribution is -0.115. The number of benzene rings is 1. The molecule has 3 N–H and O–H groups in total. The van der Waals surface area contributed by atoms with Crippen molar-refractivity contribution < 1.29 is 14.0 Å². The van der Waals surface area contributed by atoms with Crippen molar-refractivity contribution in [2.45, 2.75) is 18.9 Å². The largest absolute Gasteiger partial charge is 0.356 e. The number of nitrogens with zero attached hydrogens (tertiary/aromatic N) is 4.